The number of aldehydes is 1. The SMILES string of the molecule is CCCCCCCCCCCCCCCCCC(N)CC=O.Cl. The maximum absolute atomic E-state index is 10.3. The second-order valence-corrected chi connectivity index (χ2v) is 6.90. The fourth-order valence-corrected chi connectivity index (χ4v) is 3.02. The fraction of sp³-hybridized carbons (Fsp3) is 0.950. The Morgan fingerprint density at radius 2 is 1.04 bits per heavy atom. The van der Waals surface area contributed by atoms with E-state index in [1.165, 1.54) is 96.3 Å². The molecule has 0 heterocycles. The van der Waals surface area contributed by atoms with E-state index in [0.717, 1.165) is 12.7 Å². The Bertz CT molecular complexity index is 224. The second kappa shape index (κ2) is 21.9. The molecule has 2 nitrogen and oxygen atoms in total. The molecule has 0 saturated carbocycles. The van der Waals surface area contributed by atoms with E-state index in [0.29, 0.717) is 6.42 Å². The monoisotopic (exact) mass is 347 g/mol. The highest BCUT2D eigenvalue weighted by atomic mass is 35.5. The van der Waals surface area contributed by atoms with Crippen LogP contribution in [0.1, 0.15) is 116 Å². The first-order chi connectivity index (χ1) is 10.8. The van der Waals surface area contributed by atoms with Gasteiger partial charge in [-0.2, -0.15) is 0 Å². The van der Waals surface area contributed by atoms with Crippen molar-refractivity contribution >= 4 is 18.7 Å². The predicted molar refractivity (Wildman–Crippen MR) is 105 cm³/mol. The molecule has 0 saturated heterocycles. The van der Waals surface area contributed by atoms with Gasteiger partial charge in [0.1, 0.15) is 6.29 Å². The Balaban J connectivity index is 0. The van der Waals surface area contributed by atoms with Gasteiger partial charge in [0.15, 0.2) is 0 Å². The average Bonchev–Trinajstić information content (AvgIpc) is 2.51. The number of carbonyl (C=O) groups excluding carboxylic acids is 1. The van der Waals surface area contributed by atoms with Crippen LogP contribution in [0.2, 0.25) is 0 Å². The molecule has 0 radical (unpaired) electrons. The van der Waals surface area contributed by atoms with E-state index in [9.17, 15) is 4.79 Å². The highest BCUT2D eigenvalue weighted by molar-refractivity contribution is 5.85. The third kappa shape index (κ3) is 21.9. The molecule has 1 unspecified atom stereocenters. The Labute approximate surface area is 151 Å². The molecule has 2 N–H and O–H groups in total. The summed E-state index contributed by atoms with van der Waals surface area (Å²) in [6.45, 7) is 2.28. The Morgan fingerprint density at radius 3 is 1.39 bits per heavy atom. The molecule has 0 aliphatic rings. The number of nitrogens with two attached hydrogens (primary N) is 1. The molecule has 0 bridgehead atoms. The lowest BCUT2D eigenvalue weighted by molar-refractivity contribution is -0.108. The number of carbonyl (C=O) groups is 1. The van der Waals surface area contributed by atoms with Crippen LogP contribution in [0, 0.1) is 0 Å². The van der Waals surface area contributed by atoms with E-state index in [2.05, 4.69) is 6.92 Å². The largest absolute Gasteiger partial charge is 0.327 e. The maximum Gasteiger partial charge on any atom is 0.121 e. The summed E-state index contributed by atoms with van der Waals surface area (Å²) in [5.74, 6) is 0. The Kier molecular flexibility index (Phi) is 24.0. The molecule has 0 aromatic heterocycles. The molecule has 0 fully saturated rings. The second-order valence-electron chi connectivity index (χ2n) is 6.90. The minimum atomic E-state index is 0. The van der Waals surface area contributed by atoms with Crippen molar-refractivity contribution < 1.29 is 4.79 Å². The standard InChI is InChI=1S/C20H41NO.ClH/c1-2-3-4-5-6-7-8-9-10-11-12-13-14-15-16-17-20(21)18-19-22;/h19-20H,2-18,21H2,1H3;1H. The first-order valence-corrected chi connectivity index (χ1v) is 10.0. The van der Waals surface area contributed by atoms with E-state index < -0.39 is 0 Å². The molecule has 0 amide bonds. The lowest BCUT2D eigenvalue weighted by Gasteiger charge is -2.07. The van der Waals surface area contributed by atoms with Gasteiger partial charge in [-0.3, -0.25) is 0 Å². The molecule has 0 aliphatic heterocycles. The zero-order valence-electron chi connectivity index (χ0n) is 15.6. The molecule has 0 aliphatic carbocycles. The molecular formula is C20H42ClNO. The van der Waals surface area contributed by atoms with Crippen LogP contribution in [-0.2, 0) is 4.79 Å². The summed E-state index contributed by atoms with van der Waals surface area (Å²) in [4.78, 5) is 10.3. The van der Waals surface area contributed by atoms with Crippen molar-refractivity contribution in [3.63, 3.8) is 0 Å². The van der Waals surface area contributed by atoms with E-state index in [4.69, 9.17) is 5.73 Å². The van der Waals surface area contributed by atoms with Gasteiger partial charge in [-0.25, -0.2) is 0 Å². The number of halogens is 1. The van der Waals surface area contributed by atoms with Gasteiger partial charge in [0.2, 0.25) is 0 Å². The maximum atomic E-state index is 10.3. The lowest BCUT2D eigenvalue weighted by Crippen LogP contribution is -2.19. The van der Waals surface area contributed by atoms with Gasteiger partial charge >= 0.3 is 0 Å². The van der Waals surface area contributed by atoms with Gasteiger partial charge in [-0.1, -0.05) is 103 Å². The fourth-order valence-electron chi connectivity index (χ4n) is 3.02. The minimum absolute atomic E-state index is 0. The van der Waals surface area contributed by atoms with Gasteiger partial charge in [-0.05, 0) is 6.42 Å². The van der Waals surface area contributed by atoms with Crippen molar-refractivity contribution in [2.45, 2.75) is 122 Å². The van der Waals surface area contributed by atoms with Crippen LogP contribution in [0.15, 0.2) is 0 Å². The van der Waals surface area contributed by atoms with Crippen LogP contribution in [0.4, 0.5) is 0 Å². The smallest absolute Gasteiger partial charge is 0.121 e. The summed E-state index contributed by atoms with van der Waals surface area (Å²) >= 11 is 0. The number of rotatable bonds is 18. The van der Waals surface area contributed by atoms with Crippen molar-refractivity contribution in [1.82, 2.24) is 0 Å². The third-order valence-electron chi connectivity index (χ3n) is 4.58. The van der Waals surface area contributed by atoms with E-state index in [-0.39, 0.29) is 18.4 Å². The lowest BCUT2D eigenvalue weighted by atomic mass is 10.0. The number of unbranched alkanes of at least 4 members (excludes halogenated alkanes) is 14. The Hall–Kier alpha value is -0.0800. The van der Waals surface area contributed by atoms with E-state index in [1.54, 1.807) is 0 Å². The van der Waals surface area contributed by atoms with Gasteiger partial charge in [0.25, 0.3) is 0 Å². The molecule has 3 heteroatoms. The van der Waals surface area contributed by atoms with Crippen LogP contribution in [0.25, 0.3) is 0 Å². The van der Waals surface area contributed by atoms with Gasteiger partial charge < -0.3 is 10.5 Å². The summed E-state index contributed by atoms with van der Waals surface area (Å²) < 4.78 is 0. The van der Waals surface area contributed by atoms with Crippen molar-refractivity contribution in [2.75, 3.05) is 0 Å². The summed E-state index contributed by atoms with van der Waals surface area (Å²) in [5, 5.41) is 0. The molecule has 0 aromatic rings. The van der Waals surface area contributed by atoms with Crippen molar-refractivity contribution in [3.05, 3.63) is 0 Å². The van der Waals surface area contributed by atoms with Crippen LogP contribution in [-0.4, -0.2) is 12.3 Å². The van der Waals surface area contributed by atoms with Crippen molar-refractivity contribution in [2.24, 2.45) is 5.73 Å². The van der Waals surface area contributed by atoms with E-state index in [1.807, 2.05) is 0 Å². The molecule has 0 spiro atoms. The first kappa shape index (κ1) is 25.2. The first-order valence-electron chi connectivity index (χ1n) is 10.0. The highest BCUT2D eigenvalue weighted by Gasteiger charge is 2.00. The summed E-state index contributed by atoms with van der Waals surface area (Å²) in [7, 11) is 0. The molecular weight excluding hydrogens is 306 g/mol. The number of hydrogen-bond donors (Lipinski definition) is 1. The molecule has 23 heavy (non-hydrogen) atoms. The topological polar surface area (TPSA) is 43.1 Å². The Morgan fingerprint density at radius 1 is 0.696 bits per heavy atom. The quantitative estimate of drug-likeness (QED) is 0.224. The minimum Gasteiger partial charge on any atom is -0.327 e. The van der Waals surface area contributed by atoms with Gasteiger partial charge in [0, 0.05) is 12.5 Å². The van der Waals surface area contributed by atoms with Crippen LogP contribution < -0.4 is 5.73 Å². The highest BCUT2D eigenvalue weighted by Crippen LogP contribution is 2.14. The van der Waals surface area contributed by atoms with E-state index >= 15 is 0 Å². The third-order valence-corrected chi connectivity index (χ3v) is 4.58. The summed E-state index contributed by atoms with van der Waals surface area (Å²) in [5.41, 5.74) is 5.81. The van der Waals surface area contributed by atoms with Crippen molar-refractivity contribution in [1.29, 1.82) is 0 Å². The zero-order chi connectivity index (χ0) is 16.3. The summed E-state index contributed by atoms with van der Waals surface area (Å²) in [6, 6.07) is 0.0967. The predicted octanol–water partition coefficient (Wildman–Crippen LogP) is 6.59. The molecule has 1 atom stereocenters. The zero-order valence-corrected chi connectivity index (χ0v) is 16.4. The summed E-state index contributed by atoms with van der Waals surface area (Å²) in [6.07, 6.45) is 23.4. The van der Waals surface area contributed by atoms with Crippen molar-refractivity contribution in [3.8, 4) is 0 Å². The molecule has 140 valence electrons. The molecule has 0 aromatic carbocycles. The number of hydrogen-bond acceptors (Lipinski definition) is 2. The van der Waals surface area contributed by atoms with Gasteiger partial charge in [-0.15, -0.1) is 12.4 Å². The van der Waals surface area contributed by atoms with Gasteiger partial charge in [0.05, 0.1) is 0 Å². The van der Waals surface area contributed by atoms with Crippen LogP contribution in [0.3, 0.4) is 0 Å². The average molecular weight is 348 g/mol. The van der Waals surface area contributed by atoms with Crippen LogP contribution in [0.5, 0.6) is 0 Å². The normalized spacial score (nSPS) is 11.9. The van der Waals surface area contributed by atoms with Crippen LogP contribution >= 0.6 is 12.4 Å². The molecule has 0 rings (SSSR count).